The Morgan fingerprint density at radius 2 is 2.10 bits per heavy atom. The molecule has 1 aromatic carbocycles. The molecule has 2 rings (SSSR count). The molecular formula is C14H13NO3S2. The molecule has 104 valence electrons. The number of aromatic carboxylic acids is 1. The maximum atomic E-state index is 11.7. The molecule has 0 spiro atoms. The van der Waals surface area contributed by atoms with Crippen LogP contribution in [0.25, 0.3) is 0 Å². The zero-order valence-electron chi connectivity index (χ0n) is 10.5. The predicted octanol–water partition coefficient (Wildman–Crippen LogP) is 2.85. The Hall–Kier alpha value is -1.79. The summed E-state index contributed by atoms with van der Waals surface area (Å²) >= 11 is 2.92. The predicted molar refractivity (Wildman–Crippen MR) is 80.3 cm³/mol. The number of benzene rings is 1. The number of amides is 1. The van der Waals surface area contributed by atoms with Crippen molar-refractivity contribution in [1.82, 2.24) is 5.32 Å². The molecule has 1 amide bonds. The van der Waals surface area contributed by atoms with Gasteiger partial charge in [-0.1, -0.05) is 12.1 Å². The van der Waals surface area contributed by atoms with Crippen molar-refractivity contribution in [2.75, 3.05) is 5.75 Å². The van der Waals surface area contributed by atoms with Crippen molar-refractivity contribution in [2.24, 2.45) is 0 Å². The SMILES string of the molecule is O=C(CSc1cccc(C(=O)O)c1)NCc1cccs1. The Morgan fingerprint density at radius 1 is 1.25 bits per heavy atom. The molecule has 0 radical (unpaired) electrons. The number of thiophene rings is 1. The van der Waals surface area contributed by atoms with Crippen molar-refractivity contribution in [3.8, 4) is 0 Å². The van der Waals surface area contributed by atoms with Crippen molar-refractivity contribution in [2.45, 2.75) is 11.4 Å². The lowest BCUT2D eigenvalue weighted by atomic mass is 10.2. The third-order valence-electron chi connectivity index (χ3n) is 2.49. The Bertz CT molecular complexity index is 596. The van der Waals surface area contributed by atoms with Crippen LogP contribution in [0.3, 0.4) is 0 Å². The van der Waals surface area contributed by atoms with Gasteiger partial charge in [0.2, 0.25) is 5.91 Å². The standard InChI is InChI=1S/C14H13NO3S2/c16-13(15-8-12-5-2-6-19-12)9-20-11-4-1-3-10(7-11)14(17)18/h1-7H,8-9H2,(H,15,16)(H,17,18). The smallest absolute Gasteiger partial charge is 0.335 e. The molecule has 0 unspecified atom stereocenters. The van der Waals surface area contributed by atoms with Crippen LogP contribution in [-0.4, -0.2) is 22.7 Å². The van der Waals surface area contributed by atoms with Gasteiger partial charge in [-0.3, -0.25) is 4.79 Å². The lowest BCUT2D eigenvalue weighted by molar-refractivity contribution is -0.118. The van der Waals surface area contributed by atoms with E-state index in [1.165, 1.54) is 17.8 Å². The van der Waals surface area contributed by atoms with Crippen LogP contribution in [0.5, 0.6) is 0 Å². The minimum atomic E-state index is -0.963. The van der Waals surface area contributed by atoms with Gasteiger partial charge in [0, 0.05) is 9.77 Å². The quantitative estimate of drug-likeness (QED) is 0.805. The molecule has 4 nitrogen and oxygen atoms in total. The second kappa shape index (κ2) is 7.12. The van der Waals surface area contributed by atoms with Gasteiger partial charge >= 0.3 is 5.97 Å². The van der Waals surface area contributed by atoms with E-state index in [1.807, 2.05) is 17.5 Å². The topological polar surface area (TPSA) is 66.4 Å². The summed E-state index contributed by atoms with van der Waals surface area (Å²) in [7, 11) is 0. The summed E-state index contributed by atoms with van der Waals surface area (Å²) in [5, 5.41) is 13.7. The summed E-state index contributed by atoms with van der Waals surface area (Å²) in [5.41, 5.74) is 0.231. The fourth-order valence-electron chi connectivity index (χ4n) is 1.52. The highest BCUT2D eigenvalue weighted by Gasteiger charge is 2.06. The molecule has 0 saturated carbocycles. The van der Waals surface area contributed by atoms with Crippen molar-refractivity contribution >= 4 is 35.0 Å². The molecule has 0 fully saturated rings. The maximum Gasteiger partial charge on any atom is 0.335 e. The normalized spacial score (nSPS) is 10.2. The molecule has 0 aliphatic rings. The molecule has 1 heterocycles. The zero-order valence-corrected chi connectivity index (χ0v) is 12.2. The first-order valence-corrected chi connectivity index (χ1v) is 7.77. The minimum Gasteiger partial charge on any atom is -0.478 e. The number of carboxylic acid groups (broad SMARTS) is 1. The number of carboxylic acids is 1. The van der Waals surface area contributed by atoms with E-state index >= 15 is 0 Å². The van der Waals surface area contributed by atoms with Gasteiger partial charge in [-0.05, 0) is 29.6 Å². The molecular weight excluding hydrogens is 294 g/mol. The summed E-state index contributed by atoms with van der Waals surface area (Å²) in [6.45, 7) is 0.534. The molecule has 20 heavy (non-hydrogen) atoms. The van der Waals surface area contributed by atoms with Crippen LogP contribution in [0.2, 0.25) is 0 Å². The summed E-state index contributed by atoms with van der Waals surface area (Å²) < 4.78 is 0. The fraction of sp³-hybridized carbons (Fsp3) is 0.143. The Kier molecular flexibility index (Phi) is 5.20. The molecule has 0 bridgehead atoms. The summed E-state index contributed by atoms with van der Waals surface area (Å²) in [4.78, 5) is 24.4. The number of hydrogen-bond acceptors (Lipinski definition) is 4. The molecule has 2 aromatic rings. The van der Waals surface area contributed by atoms with Crippen molar-refractivity contribution in [3.05, 3.63) is 52.2 Å². The van der Waals surface area contributed by atoms with Crippen LogP contribution in [0.15, 0.2) is 46.7 Å². The Morgan fingerprint density at radius 3 is 2.80 bits per heavy atom. The monoisotopic (exact) mass is 307 g/mol. The van der Waals surface area contributed by atoms with Gasteiger partial charge in [0.25, 0.3) is 0 Å². The van der Waals surface area contributed by atoms with Gasteiger partial charge in [0.1, 0.15) is 0 Å². The molecule has 0 saturated heterocycles. The van der Waals surface area contributed by atoms with Crippen LogP contribution in [0.1, 0.15) is 15.2 Å². The van der Waals surface area contributed by atoms with Crippen LogP contribution >= 0.6 is 23.1 Å². The zero-order chi connectivity index (χ0) is 14.4. The Balaban J connectivity index is 1.81. The lowest BCUT2D eigenvalue weighted by Crippen LogP contribution is -2.24. The summed E-state index contributed by atoms with van der Waals surface area (Å²) in [5.74, 6) is -0.757. The highest BCUT2D eigenvalue weighted by atomic mass is 32.2. The maximum absolute atomic E-state index is 11.7. The number of carbonyl (C=O) groups excluding carboxylic acids is 1. The van der Waals surface area contributed by atoms with Crippen LogP contribution in [0, 0.1) is 0 Å². The molecule has 0 atom stereocenters. The van der Waals surface area contributed by atoms with Crippen molar-refractivity contribution < 1.29 is 14.7 Å². The van der Waals surface area contributed by atoms with Gasteiger partial charge in [-0.25, -0.2) is 4.79 Å². The first-order chi connectivity index (χ1) is 9.65. The first kappa shape index (κ1) is 14.6. The number of carbonyl (C=O) groups is 2. The van der Waals surface area contributed by atoms with Crippen LogP contribution < -0.4 is 5.32 Å². The van der Waals surface area contributed by atoms with Gasteiger partial charge in [0.05, 0.1) is 17.9 Å². The highest BCUT2D eigenvalue weighted by Crippen LogP contribution is 2.19. The number of rotatable bonds is 6. The molecule has 2 N–H and O–H groups in total. The van der Waals surface area contributed by atoms with E-state index < -0.39 is 5.97 Å². The van der Waals surface area contributed by atoms with Gasteiger partial charge in [-0.15, -0.1) is 23.1 Å². The fourth-order valence-corrected chi connectivity index (χ4v) is 2.95. The van der Waals surface area contributed by atoms with E-state index in [-0.39, 0.29) is 17.2 Å². The lowest BCUT2D eigenvalue weighted by Gasteiger charge is -2.04. The minimum absolute atomic E-state index is 0.0656. The number of nitrogens with one attached hydrogen (secondary N) is 1. The average molecular weight is 307 g/mol. The molecule has 6 heteroatoms. The Labute approximate surface area is 124 Å². The second-order valence-corrected chi connectivity index (χ2v) is 6.06. The molecule has 1 aromatic heterocycles. The van der Waals surface area contributed by atoms with E-state index in [2.05, 4.69) is 5.32 Å². The highest BCUT2D eigenvalue weighted by molar-refractivity contribution is 8.00. The third kappa shape index (κ3) is 4.40. The van der Waals surface area contributed by atoms with E-state index in [0.29, 0.717) is 6.54 Å². The summed E-state index contributed by atoms with van der Waals surface area (Å²) in [6, 6.07) is 10.5. The van der Waals surface area contributed by atoms with Crippen LogP contribution in [0.4, 0.5) is 0 Å². The molecule has 0 aliphatic heterocycles. The second-order valence-electron chi connectivity index (χ2n) is 3.98. The van der Waals surface area contributed by atoms with Crippen LogP contribution in [-0.2, 0) is 11.3 Å². The van der Waals surface area contributed by atoms with Gasteiger partial charge in [0.15, 0.2) is 0 Å². The first-order valence-electron chi connectivity index (χ1n) is 5.90. The van der Waals surface area contributed by atoms with E-state index in [4.69, 9.17) is 5.11 Å². The number of hydrogen-bond donors (Lipinski definition) is 2. The van der Waals surface area contributed by atoms with Gasteiger partial charge < -0.3 is 10.4 Å². The van der Waals surface area contributed by atoms with E-state index in [0.717, 1.165) is 9.77 Å². The van der Waals surface area contributed by atoms with E-state index in [1.54, 1.807) is 29.5 Å². The van der Waals surface area contributed by atoms with Gasteiger partial charge in [-0.2, -0.15) is 0 Å². The summed E-state index contributed by atoms with van der Waals surface area (Å²) in [6.07, 6.45) is 0. The largest absolute Gasteiger partial charge is 0.478 e. The van der Waals surface area contributed by atoms with E-state index in [9.17, 15) is 9.59 Å². The van der Waals surface area contributed by atoms with Crippen molar-refractivity contribution in [3.63, 3.8) is 0 Å². The van der Waals surface area contributed by atoms with Crippen molar-refractivity contribution in [1.29, 1.82) is 0 Å². The third-order valence-corrected chi connectivity index (χ3v) is 4.36. The molecule has 0 aliphatic carbocycles. The average Bonchev–Trinajstić information content (AvgIpc) is 2.96. The number of thioether (sulfide) groups is 1.